The Bertz CT molecular complexity index is 519. The van der Waals surface area contributed by atoms with E-state index in [0.29, 0.717) is 6.04 Å². The molecule has 1 atom stereocenters. The van der Waals surface area contributed by atoms with Gasteiger partial charge in [-0.3, -0.25) is 4.68 Å². The SMILES string of the molecule is CCNC(Cc1c(Br)c(CC)nn1C)c1cccs1. The molecule has 2 aromatic rings. The maximum Gasteiger partial charge on any atom is 0.0766 e. The molecule has 2 rings (SSSR count). The molecule has 2 aromatic heterocycles. The van der Waals surface area contributed by atoms with Crippen LogP contribution in [-0.2, 0) is 19.9 Å². The van der Waals surface area contributed by atoms with Gasteiger partial charge in [-0.05, 0) is 40.3 Å². The first-order valence-electron chi connectivity index (χ1n) is 6.64. The van der Waals surface area contributed by atoms with E-state index in [9.17, 15) is 0 Å². The minimum absolute atomic E-state index is 0.362. The quantitative estimate of drug-likeness (QED) is 0.868. The van der Waals surface area contributed by atoms with Crippen molar-refractivity contribution < 1.29 is 0 Å². The van der Waals surface area contributed by atoms with Gasteiger partial charge in [0, 0.05) is 24.4 Å². The highest BCUT2D eigenvalue weighted by atomic mass is 79.9. The Hall–Kier alpha value is -0.650. The number of aryl methyl sites for hydroxylation is 2. The standard InChI is InChI=1S/C14H20BrN3S/c1-4-10-14(15)12(18(3)17-10)9-11(16-5-2)13-7-6-8-19-13/h6-8,11,16H,4-5,9H2,1-3H3. The van der Waals surface area contributed by atoms with Gasteiger partial charge in [0.2, 0.25) is 0 Å². The average molecular weight is 342 g/mol. The second-order valence-electron chi connectivity index (χ2n) is 4.51. The van der Waals surface area contributed by atoms with Gasteiger partial charge in [-0.2, -0.15) is 5.10 Å². The number of halogens is 1. The van der Waals surface area contributed by atoms with Crippen LogP contribution in [0, 0.1) is 0 Å². The Kier molecular flexibility index (Phi) is 5.19. The summed E-state index contributed by atoms with van der Waals surface area (Å²) in [6.07, 6.45) is 1.91. The van der Waals surface area contributed by atoms with Crippen molar-refractivity contribution in [1.29, 1.82) is 0 Å². The Morgan fingerprint density at radius 3 is 2.79 bits per heavy atom. The van der Waals surface area contributed by atoms with E-state index >= 15 is 0 Å². The van der Waals surface area contributed by atoms with Gasteiger partial charge in [0.1, 0.15) is 0 Å². The molecule has 0 amide bonds. The lowest BCUT2D eigenvalue weighted by Gasteiger charge is -2.16. The molecule has 5 heteroatoms. The largest absolute Gasteiger partial charge is 0.309 e. The molecule has 0 fully saturated rings. The van der Waals surface area contributed by atoms with Crippen LogP contribution in [-0.4, -0.2) is 16.3 Å². The third kappa shape index (κ3) is 3.27. The highest BCUT2D eigenvalue weighted by Crippen LogP contribution is 2.28. The molecule has 1 N–H and O–H groups in total. The molecule has 1 unspecified atom stereocenters. The Balaban J connectivity index is 2.24. The molecule has 0 saturated carbocycles. The van der Waals surface area contributed by atoms with Crippen LogP contribution in [0.5, 0.6) is 0 Å². The van der Waals surface area contributed by atoms with E-state index in [1.165, 1.54) is 10.6 Å². The number of nitrogens with one attached hydrogen (secondary N) is 1. The van der Waals surface area contributed by atoms with Crippen molar-refractivity contribution >= 4 is 27.3 Å². The number of aromatic nitrogens is 2. The van der Waals surface area contributed by atoms with E-state index in [1.807, 2.05) is 23.1 Å². The topological polar surface area (TPSA) is 29.9 Å². The molecule has 0 saturated heterocycles. The summed E-state index contributed by atoms with van der Waals surface area (Å²) in [5.74, 6) is 0. The van der Waals surface area contributed by atoms with E-state index in [0.717, 1.165) is 29.6 Å². The molecule has 104 valence electrons. The zero-order valence-corrected chi connectivity index (χ0v) is 14.0. The second-order valence-corrected chi connectivity index (χ2v) is 6.29. The molecule has 0 spiro atoms. The monoisotopic (exact) mass is 341 g/mol. The maximum atomic E-state index is 4.57. The average Bonchev–Trinajstić information content (AvgIpc) is 3.01. The second kappa shape index (κ2) is 6.68. The molecule has 0 aliphatic carbocycles. The molecular formula is C14H20BrN3S. The van der Waals surface area contributed by atoms with Gasteiger partial charge in [-0.15, -0.1) is 11.3 Å². The minimum Gasteiger partial charge on any atom is -0.309 e. The van der Waals surface area contributed by atoms with Crippen LogP contribution in [0.2, 0.25) is 0 Å². The van der Waals surface area contributed by atoms with Crippen molar-refractivity contribution in [2.75, 3.05) is 6.54 Å². The molecule has 0 aromatic carbocycles. The summed E-state index contributed by atoms with van der Waals surface area (Å²) in [4.78, 5) is 1.38. The van der Waals surface area contributed by atoms with Crippen LogP contribution < -0.4 is 5.32 Å². The van der Waals surface area contributed by atoms with Gasteiger partial charge in [0.25, 0.3) is 0 Å². The number of thiophene rings is 1. The highest BCUT2D eigenvalue weighted by molar-refractivity contribution is 9.10. The third-order valence-corrected chi connectivity index (χ3v) is 5.14. The van der Waals surface area contributed by atoms with Crippen molar-refractivity contribution in [3.63, 3.8) is 0 Å². The Morgan fingerprint density at radius 1 is 1.47 bits per heavy atom. The van der Waals surface area contributed by atoms with Gasteiger partial charge in [-0.25, -0.2) is 0 Å². The Labute approximate surface area is 127 Å². The zero-order valence-electron chi connectivity index (χ0n) is 11.6. The summed E-state index contributed by atoms with van der Waals surface area (Å²) in [7, 11) is 2.02. The summed E-state index contributed by atoms with van der Waals surface area (Å²) in [5, 5.41) is 10.3. The summed E-state index contributed by atoms with van der Waals surface area (Å²) < 4.78 is 3.16. The minimum atomic E-state index is 0.362. The van der Waals surface area contributed by atoms with Crippen LogP contribution in [0.3, 0.4) is 0 Å². The van der Waals surface area contributed by atoms with Gasteiger partial charge in [0.15, 0.2) is 0 Å². The summed E-state index contributed by atoms with van der Waals surface area (Å²) in [5.41, 5.74) is 2.40. The smallest absolute Gasteiger partial charge is 0.0766 e. The number of likely N-dealkylation sites (N-methyl/N-ethyl adjacent to an activating group) is 1. The number of rotatable bonds is 6. The molecule has 2 heterocycles. The van der Waals surface area contributed by atoms with E-state index in [4.69, 9.17) is 0 Å². The summed E-state index contributed by atoms with van der Waals surface area (Å²) in [6, 6.07) is 4.67. The predicted octanol–water partition coefficient (Wildman–Crippen LogP) is 3.70. The predicted molar refractivity (Wildman–Crippen MR) is 84.7 cm³/mol. The fourth-order valence-electron chi connectivity index (χ4n) is 2.24. The first-order valence-corrected chi connectivity index (χ1v) is 8.31. The number of hydrogen-bond donors (Lipinski definition) is 1. The third-order valence-electron chi connectivity index (χ3n) is 3.24. The first-order chi connectivity index (χ1) is 9.17. The summed E-state index contributed by atoms with van der Waals surface area (Å²) in [6.45, 7) is 5.26. The highest BCUT2D eigenvalue weighted by Gasteiger charge is 2.19. The van der Waals surface area contributed by atoms with Crippen molar-refractivity contribution in [2.45, 2.75) is 32.7 Å². The Morgan fingerprint density at radius 2 is 2.26 bits per heavy atom. The van der Waals surface area contributed by atoms with Crippen LogP contribution in [0.25, 0.3) is 0 Å². The lowest BCUT2D eigenvalue weighted by atomic mass is 10.1. The van der Waals surface area contributed by atoms with Gasteiger partial charge < -0.3 is 5.32 Å². The van der Waals surface area contributed by atoms with Crippen LogP contribution >= 0.6 is 27.3 Å². The van der Waals surface area contributed by atoms with Gasteiger partial charge in [-0.1, -0.05) is 19.9 Å². The number of nitrogens with zero attached hydrogens (tertiary/aromatic N) is 2. The first kappa shape index (κ1) is 14.8. The molecule has 3 nitrogen and oxygen atoms in total. The van der Waals surface area contributed by atoms with Crippen molar-refractivity contribution in [3.8, 4) is 0 Å². The maximum absolute atomic E-state index is 4.57. The van der Waals surface area contributed by atoms with E-state index in [1.54, 1.807) is 0 Å². The van der Waals surface area contributed by atoms with Crippen LogP contribution in [0.1, 0.15) is 36.2 Å². The lowest BCUT2D eigenvalue weighted by molar-refractivity contribution is 0.535. The fraction of sp³-hybridized carbons (Fsp3) is 0.500. The molecule has 0 aliphatic heterocycles. The van der Waals surface area contributed by atoms with E-state index in [-0.39, 0.29) is 0 Å². The molecule has 19 heavy (non-hydrogen) atoms. The van der Waals surface area contributed by atoms with Gasteiger partial charge >= 0.3 is 0 Å². The fourth-order valence-corrected chi connectivity index (χ4v) is 3.82. The molecule has 0 radical (unpaired) electrons. The van der Waals surface area contributed by atoms with Crippen molar-refractivity contribution in [3.05, 3.63) is 38.3 Å². The molecule has 0 bridgehead atoms. The van der Waals surface area contributed by atoms with Gasteiger partial charge in [0.05, 0.1) is 15.9 Å². The summed E-state index contributed by atoms with van der Waals surface area (Å²) >= 11 is 5.50. The van der Waals surface area contributed by atoms with Crippen LogP contribution in [0.4, 0.5) is 0 Å². The normalized spacial score (nSPS) is 12.8. The van der Waals surface area contributed by atoms with E-state index in [2.05, 4.69) is 57.7 Å². The number of hydrogen-bond acceptors (Lipinski definition) is 3. The lowest BCUT2D eigenvalue weighted by Crippen LogP contribution is -2.23. The molecule has 0 aliphatic rings. The van der Waals surface area contributed by atoms with Crippen molar-refractivity contribution in [2.24, 2.45) is 7.05 Å². The molecular weight excluding hydrogens is 322 g/mol. The van der Waals surface area contributed by atoms with E-state index < -0.39 is 0 Å². The van der Waals surface area contributed by atoms with Crippen molar-refractivity contribution in [1.82, 2.24) is 15.1 Å². The van der Waals surface area contributed by atoms with Crippen LogP contribution in [0.15, 0.2) is 22.0 Å². The zero-order chi connectivity index (χ0) is 13.8.